The molecule has 3 aromatic rings. The zero-order valence-corrected chi connectivity index (χ0v) is 11.7. The summed E-state index contributed by atoms with van der Waals surface area (Å²) >= 11 is 0. The highest BCUT2D eigenvalue weighted by atomic mass is 16.1. The first kappa shape index (κ1) is 13.1. The highest BCUT2D eigenvalue weighted by Crippen LogP contribution is 2.24. The number of para-hydroxylation sites is 1. The van der Waals surface area contributed by atoms with Crippen LogP contribution in [0.2, 0.25) is 0 Å². The van der Waals surface area contributed by atoms with Crippen LogP contribution in [0.15, 0.2) is 66.7 Å². The molecule has 0 saturated heterocycles. The molecule has 2 aromatic carbocycles. The van der Waals surface area contributed by atoms with Crippen LogP contribution in [0, 0.1) is 0 Å². The van der Waals surface area contributed by atoms with Crippen LogP contribution in [0.25, 0.3) is 16.9 Å². The quantitative estimate of drug-likeness (QED) is 0.796. The van der Waals surface area contributed by atoms with Crippen molar-refractivity contribution in [1.82, 2.24) is 9.78 Å². The number of aromatic nitrogens is 2. The normalized spacial score (nSPS) is 10.3. The van der Waals surface area contributed by atoms with Gasteiger partial charge in [-0.25, -0.2) is 4.68 Å². The third kappa shape index (κ3) is 2.84. The second-order valence-corrected chi connectivity index (χ2v) is 4.71. The monoisotopic (exact) mass is 277 g/mol. The van der Waals surface area contributed by atoms with Crippen LogP contribution in [0.1, 0.15) is 6.92 Å². The second kappa shape index (κ2) is 5.63. The first-order valence-corrected chi connectivity index (χ1v) is 6.72. The lowest BCUT2D eigenvalue weighted by Crippen LogP contribution is -2.10. The smallest absolute Gasteiger partial charge is 0.222 e. The molecule has 1 amide bonds. The number of carbonyl (C=O) groups is 1. The van der Waals surface area contributed by atoms with Gasteiger partial charge in [-0.3, -0.25) is 4.79 Å². The topological polar surface area (TPSA) is 46.9 Å². The lowest BCUT2D eigenvalue weighted by atomic mass is 10.2. The van der Waals surface area contributed by atoms with E-state index in [0.29, 0.717) is 5.82 Å². The lowest BCUT2D eigenvalue weighted by Gasteiger charge is -2.06. The summed E-state index contributed by atoms with van der Waals surface area (Å²) in [4.78, 5) is 11.4. The molecule has 21 heavy (non-hydrogen) atoms. The molecule has 0 unspecified atom stereocenters. The van der Waals surface area contributed by atoms with Crippen molar-refractivity contribution in [2.24, 2.45) is 0 Å². The third-order valence-corrected chi connectivity index (χ3v) is 3.08. The van der Waals surface area contributed by atoms with Gasteiger partial charge in [-0.15, -0.1) is 0 Å². The summed E-state index contributed by atoms with van der Waals surface area (Å²) in [6.45, 7) is 1.49. The van der Waals surface area contributed by atoms with Gasteiger partial charge in [0, 0.05) is 18.6 Å². The van der Waals surface area contributed by atoms with Crippen molar-refractivity contribution in [3.05, 3.63) is 66.7 Å². The summed E-state index contributed by atoms with van der Waals surface area (Å²) in [5.41, 5.74) is 2.74. The predicted molar refractivity (Wildman–Crippen MR) is 83.3 cm³/mol. The predicted octanol–water partition coefficient (Wildman–Crippen LogP) is 3.50. The third-order valence-electron chi connectivity index (χ3n) is 3.08. The fraction of sp³-hybridized carbons (Fsp3) is 0.0588. The highest BCUT2D eigenvalue weighted by Gasteiger charge is 2.11. The van der Waals surface area contributed by atoms with Gasteiger partial charge in [0.15, 0.2) is 0 Å². The number of hydrogen-bond donors (Lipinski definition) is 1. The summed E-state index contributed by atoms with van der Waals surface area (Å²) in [6, 6.07) is 21.5. The van der Waals surface area contributed by atoms with E-state index >= 15 is 0 Å². The fourth-order valence-electron chi connectivity index (χ4n) is 2.17. The molecular weight excluding hydrogens is 262 g/mol. The number of nitrogens with zero attached hydrogens (tertiary/aromatic N) is 2. The van der Waals surface area contributed by atoms with Gasteiger partial charge in [-0.05, 0) is 12.1 Å². The van der Waals surface area contributed by atoms with Crippen LogP contribution in [-0.4, -0.2) is 15.7 Å². The molecule has 4 nitrogen and oxygen atoms in total. The van der Waals surface area contributed by atoms with Gasteiger partial charge >= 0.3 is 0 Å². The van der Waals surface area contributed by atoms with Gasteiger partial charge in [0.1, 0.15) is 5.82 Å². The SMILES string of the molecule is CC(=O)Nc1cc(-c2ccccc2)nn1-c1ccccc1. The number of anilines is 1. The number of amides is 1. The van der Waals surface area contributed by atoms with E-state index in [-0.39, 0.29) is 5.91 Å². The zero-order valence-electron chi connectivity index (χ0n) is 11.7. The highest BCUT2D eigenvalue weighted by molar-refractivity contribution is 5.88. The minimum atomic E-state index is -0.119. The maximum atomic E-state index is 11.4. The number of nitrogens with one attached hydrogen (secondary N) is 1. The van der Waals surface area contributed by atoms with E-state index in [2.05, 4.69) is 10.4 Å². The van der Waals surface area contributed by atoms with Gasteiger partial charge in [0.2, 0.25) is 5.91 Å². The molecule has 0 saturated carbocycles. The van der Waals surface area contributed by atoms with E-state index in [4.69, 9.17) is 0 Å². The van der Waals surface area contributed by atoms with Crippen LogP contribution >= 0.6 is 0 Å². The van der Waals surface area contributed by atoms with Crippen LogP contribution in [0.4, 0.5) is 5.82 Å². The largest absolute Gasteiger partial charge is 0.311 e. The lowest BCUT2D eigenvalue weighted by molar-refractivity contribution is -0.114. The maximum Gasteiger partial charge on any atom is 0.222 e. The van der Waals surface area contributed by atoms with Crippen molar-refractivity contribution < 1.29 is 4.79 Å². The number of benzene rings is 2. The Balaban J connectivity index is 2.10. The van der Waals surface area contributed by atoms with Crippen LogP contribution < -0.4 is 5.32 Å². The molecule has 0 atom stereocenters. The van der Waals surface area contributed by atoms with E-state index in [1.807, 2.05) is 66.7 Å². The van der Waals surface area contributed by atoms with E-state index in [1.165, 1.54) is 6.92 Å². The molecule has 1 aromatic heterocycles. The molecule has 4 heteroatoms. The Morgan fingerprint density at radius 2 is 1.62 bits per heavy atom. The molecule has 3 rings (SSSR count). The van der Waals surface area contributed by atoms with Crippen molar-refractivity contribution in [3.8, 4) is 16.9 Å². The molecule has 0 radical (unpaired) electrons. The molecular formula is C17H15N3O. The van der Waals surface area contributed by atoms with Crippen LogP contribution in [0.5, 0.6) is 0 Å². The zero-order chi connectivity index (χ0) is 14.7. The average Bonchev–Trinajstić information content (AvgIpc) is 2.92. The van der Waals surface area contributed by atoms with Crippen molar-refractivity contribution in [3.63, 3.8) is 0 Å². The van der Waals surface area contributed by atoms with Crippen molar-refractivity contribution in [1.29, 1.82) is 0 Å². The van der Waals surface area contributed by atoms with Gasteiger partial charge in [-0.1, -0.05) is 48.5 Å². The van der Waals surface area contributed by atoms with Crippen molar-refractivity contribution >= 4 is 11.7 Å². The summed E-state index contributed by atoms with van der Waals surface area (Å²) in [5, 5.41) is 7.43. The molecule has 1 N–H and O–H groups in total. The first-order chi connectivity index (χ1) is 10.2. The van der Waals surface area contributed by atoms with E-state index in [0.717, 1.165) is 16.9 Å². The second-order valence-electron chi connectivity index (χ2n) is 4.71. The van der Waals surface area contributed by atoms with Gasteiger partial charge in [-0.2, -0.15) is 5.10 Å². The van der Waals surface area contributed by atoms with E-state index < -0.39 is 0 Å². The first-order valence-electron chi connectivity index (χ1n) is 6.72. The average molecular weight is 277 g/mol. The maximum absolute atomic E-state index is 11.4. The molecule has 1 heterocycles. The van der Waals surface area contributed by atoms with Crippen molar-refractivity contribution in [2.75, 3.05) is 5.32 Å². The Morgan fingerprint density at radius 3 is 2.24 bits per heavy atom. The molecule has 0 aliphatic carbocycles. The minimum Gasteiger partial charge on any atom is -0.311 e. The Morgan fingerprint density at radius 1 is 1.00 bits per heavy atom. The van der Waals surface area contributed by atoms with Crippen molar-refractivity contribution in [2.45, 2.75) is 6.92 Å². The Kier molecular flexibility index (Phi) is 3.51. The fourth-order valence-corrected chi connectivity index (χ4v) is 2.17. The number of carbonyl (C=O) groups excluding carboxylic acids is 1. The Bertz CT molecular complexity index is 748. The standard InChI is InChI=1S/C17H15N3O/c1-13(21)18-17-12-16(14-8-4-2-5-9-14)19-20(17)15-10-6-3-7-11-15/h2-12H,1H3,(H,18,21). The van der Waals surface area contributed by atoms with E-state index in [1.54, 1.807) is 4.68 Å². The van der Waals surface area contributed by atoms with Crippen LogP contribution in [0.3, 0.4) is 0 Å². The van der Waals surface area contributed by atoms with E-state index in [9.17, 15) is 4.79 Å². The van der Waals surface area contributed by atoms with Gasteiger partial charge in [0.25, 0.3) is 0 Å². The summed E-state index contributed by atoms with van der Waals surface area (Å²) in [6.07, 6.45) is 0. The summed E-state index contributed by atoms with van der Waals surface area (Å²) in [7, 11) is 0. The number of rotatable bonds is 3. The van der Waals surface area contributed by atoms with Crippen LogP contribution in [-0.2, 0) is 4.79 Å². The minimum absolute atomic E-state index is 0.119. The summed E-state index contributed by atoms with van der Waals surface area (Å²) < 4.78 is 1.74. The molecule has 104 valence electrons. The van der Waals surface area contributed by atoms with Gasteiger partial charge < -0.3 is 5.32 Å². The Hall–Kier alpha value is -2.88. The molecule has 0 aliphatic rings. The molecule has 0 aliphatic heterocycles. The number of hydrogen-bond acceptors (Lipinski definition) is 2. The molecule has 0 bridgehead atoms. The summed E-state index contributed by atoms with van der Waals surface area (Å²) in [5.74, 6) is 0.541. The molecule has 0 fully saturated rings. The molecule has 0 spiro atoms. The Labute approximate surface area is 123 Å². The van der Waals surface area contributed by atoms with Gasteiger partial charge in [0.05, 0.1) is 11.4 Å².